The van der Waals surface area contributed by atoms with E-state index in [4.69, 9.17) is 11.6 Å². The fraction of sp³-hybridized carbons (Fsp3) is 0.333. The van der Waals surface area contributed by atoms with Crippen LogP contribution in [0.3, 0.4) is 0 Å². The van der Waals surface area contributed by atoms with Gasteiger partial charge in [0.05, 0.1) is 0 Å². The van der Waals surface area contributed by atoms with Crippen LogP contribution in [-0.2, 0) is 35.4 Å². The molecule has 0 saturated heterocycles. The standard InChI is InChI=1S/C30H35ClN2O2/c1-4-23-14-16-24(17-15-23)18-19-29(34)33(21-26-12-8-9-13-27(26)31)28(30(35)32-22(2)3)20-25-10-6-5-7-11-25/h5-17,22,28H,4,18-21H2,1-3H3,(H,32,35). The molecule has 0 heterocycles. The smallest absolute Gasteiger partial charge is 0.243 e. The second-order valence-electron chi connectivity index (χ2n) is 9.15. The van der Waals surface area contributed by atoms with E-state index >= 15 is 0 Å². The van der Waals surface area contributed by atoms with E-state index in [1.807, 2.05) is 68.4 Å². The highest BCUT2D eigenvalue weighted by molar-refractivity contribution is 6.31. The summed E-state index contributed by atoms with van der Waals surface area (Å²) >= 11 is 6.46. The van der Waals surface area contributed by atoms with Gasteiger partial charge in [-0.15, -0.1) is 0 Å². The van der Waals surface area contributed by atoms with Crippen molar-refractivity contribution in [2.75, 3.05) is 0 Å². The minimum absolute atomic E-state index is 0.0323. The van der Waals surface area contributed by atoms with Gasteiger partial charge in [0.1, 0.15) is 6.04 Å². The van der Waals surface area contributed by atoms with Crippen LogP contribution in [0, 0.1) is 0 Å². The second kappa shape index (κ2) is 13.1. The zero-order valence-electron chi connectivity index (χ0n) is 20.8. The van der Waals surface area contributed by atoms with Crippen LogP contribution in [0.4, 0.5) is 0 Å². The molecule has 0 aromatic heterocycles. The Hall–Kier alpha value is -3.11. The number of carbonyl (C=O) groups excluding carboxylic acids is 2. The molecule has 0 aliphatic rings. The summed E-state index contributed by atoms with van der Waals surface area (Å²) in [5, 5.41) is 3.61. The molecule has 184 valence electrons. The SMILES string of the molecule is CCc1ccc(CCC(=O)N(Cc2ccccc2Cl)C(Cc2ccccc2)C(=O)NC(C)C)cc1. The summed E-state index contributed by atoms with van der Waals surface area (Å²) < 4.78 is 0. The monoisotopic (exact) mass is 490 g/mol. The quantitative estimate of drug-likeness (QED) is 0.358. The molecule has 0 aliphatic heterocycles. The first-order valence-corrected chi connectivity index (χ1v) is 12.7. The summed E-state index contributed by atoms with van der Waals surface area (Å²) in [5.74, 6) is -0.221. The summed E-state index contributed by atoms with van der Waals surface area (Å²) in [5.41, 5.74) is 4.21. The maximum Gasteiger partial charge on any atom is 0.243 e. The van der Waals surface area contributed by atoms with Gasteiger partial charge in [-0.3, -0.25) is 9.59 Å². The Balaban J connectivity index is 1.89. The van der Waals surface area contributed by atoms with Gasteiger partial charge >= 0.3 is 0 Å². The van der Waals surface area contributed by atoms with Crippen molar-refractivity contribution in [3.05, 3.63) is 106 Å². The molecule has 3 aromatic rings. The van der Waals surface area contributed by atoms with Gasteiger partial charge in [-0.25, -0.2) is 0 Å². The minimum Gasteiger partial charge on any atom is -0.352 e. The van der Waals surface area contributed by atoms with Gasteiger partial charge in [-0.05, 0) is 55.0 Å². The maximum absolute atomic E-state index is 13.7. The fourth-order valence-corrected chi connectivity index (χ4v) is 4.28. The van der Waals surface area contributed by atoms with Crippen LogP contribution in [0.2, 0.25) is 5.02 Å². The number of aryl methyl sites for hydroxylation is 2. The number of nitrogens with one attached hydrogen (secondary N) is 1. The highest BCUT2D eigenvalue weighted by Gasteiger charge is 2.30. The van der Waals surface area contributed by atoms with Crippen molar-refractivity contribution >= 4 is 23.4 Å². The normalized spacial score (nSPS) is 11.8. The maximum atomic E-state index is 13.7. The van der Waals surface area contributed by atoms with E-state index in [0.717, 1.165) is 23.1 Å². The average molecular weight is 491 g/mol. The van der Waals surface area contributed by atoms with Gasteiger partial charge in [0.15, 0.2) is 0 Å². The number of amides is 2. The van der Waals surface area contributed by atoms with E-state index in [0.29, 0.717) is 24.3 Å². The molecule has 0 spiro atoms. The fourth-order valence-electron chi connectivity index (χ4n) is 4.08. The second-order valence-corrected chi connectivity index (χ2v) is 9.56. The first kappa shape index (κ1) is 26.5. The third kappa shape index (κ3) is 7.97. The first-order valence-electron chi connectivity index (χ1n) is 12.3. The van der Waals surface area contributed by atoms with Crippen molar-refractivity contribution in [2.24, 2.45) is 0 Å². The molecule has 1 atom stereocenters. The van der Waals surface area contributed by atoms with Gasteiger partial charge < -0.3 is 10.2 Å². The van der Waals surface area contributed by atoms with Crippen LogP contribution in [0.15, 0.2) is 78.9 Å². The van der Waals surface area contributed by atoms with E-state index in [2.05, 4.69) is 36.5 Å². The number of benzene rings is 3. The lowest BCUT2D eigenvalue weighted by molar-refractivity contribution is -0.141. The molecule has 0 radical (unpaired) electrons. The van der Waals surface area contributed by atoms with Gasteiger partial charge in [-0.1, -0.05) is 91.3 Å². The summed E-state index contributed by atoms with van der Waals surface area (Å²) in [6.45, 7) is 6.26. The molecule has 1 N–H and O–H groups in total. The van der Waals surface area contributed by atoms with E-state index in [-0.39, 0.29) is 24.4 Å². The summed E-state index contributed by atoms with van der Waals surface area (Å²) in [7, 11) is 0. The minimum atomic E-state index is -0.647. The Morgan fingerprint density at radius 1 is 0.857 bits per heavy atom. The largest absolute Gasteiger partial charge is 0.352 e. The van der Waals surface area contributed by atoms with Crippen molar-refractivity contribution < 1.29 is 9.59 Å². The third-order valence-corrected chi connectivity index (χ3v) is 6.43. The Labute approximate surface area is 214 Å². The molecule has 3 aromatic carbocycles. The van der Waals surface area contributed by atoms with Crippen molar-refractivity contribution in [1.29, 1.82) is 0 Å². The van der Waals surface area contributed by atoms with Crippen LogP contribution in [0.25, 0.3) is 0 Å². The molecular weight excluding hydrogens is 456 g/mol. The number of carbonyl (C=O) groups is 2. The molecule has 3 rings (SSSR count). The average Bonchev–Trinajstić information content (AvgIpc) is 2.86. The molecule has 0 aliphatic carbocycles. The summed E-state index contributed by atoms with van der Waals surface area (Å²) in [4.78, 5) is 28.8. The topological polar surface area (TPSA) is 49.4 Å². The van der Waals surface area contributed by atoms with Crippen LogP contribution < -0.4 is 5.32 Å². The summed E-state index contributed by atoms with van der Waals surface area (Å²) in [6, 6.07) is 25.0. The van der Waals surface area contributed by atoms with Crippen molar-refractivity contribution in [3.63, 3.8) is 0 Å². The van der Waals surface area contributed by atoms with E-state index < -0.39 is 6.04 Å². The Morgan fingerprint density at radius 3 is 2.11 bits per heavy atom. The molecule has 35 heavy (non-hydrogen) atoms. The van der Waals surface area contributed by atoms with Crippen LogP contribution >= 0.6 is 11.6 Å². The molecule has 0 bridgehead atoms. The first-order chi connectivity index (χ1) is 16.9. The predicted octanol–water partition coefficient (Wildman–Crippen LogP) is 6.00. The lowest BCUT2D eigenvalue weighted by Gasteiger charge is -2.32. The lowest BCUT2D eigenvalue weighted by atomic mass is 10.0. The van der Waals surface area contributed by atoms with Gasteiger partial charge in [0.2, 0.25) is 11.8 Å². The van der Waals surface area contributed by atoms with E-state index in [9.17, 15) is 9.59 Å². The number of halogens is 1. The number of nitrogens with zero attached hydrogens (tertiary/aromatic N) is 1. The number of hydrogen-bond acceptors (Lipinski definition) is 2. The molecule has 0 fully saturated rings. The lowest BCUT2D eigenvalue weighted by Crippen LogP contribution is -2.51. The van der Waals surface area contributed by atoms with Crippen molar-refractivity contribution in [1.82, 2.24) is 10.2 Å². The van der Waals surface area contributed by atoms with Gasteiger partial charge in [0.25, 0.3) is 0 Å². The number of rotatable bonds is 11. The van der Waals surface area contributed by atoms with Crippen molar-refractivity contribution in [3.8, 4) is 0 Å². The molecular formula is C30H35ClN2O2. The van der Waals surface area contributed by atoms with E-state index in [1.165, 1.54) is 5.56 Å². The van der Waals surface area contributed by atoms with Crippen LogP contribution in [0.1, 0.15) is 49.4 Å². The Morgan fingerprint density at radius 2 is 1.49 bits per heavy atom. The molecule has 4 nitrogen and oxygen atoms in total. The number of hydrogen-bond donors (Lipinski definition) is 1. The molecule has 2 amide bonds. The zero-order valence-corrected chi connectivity index (χ0v) is 21.6. The Bertz CT molecular complexity index is 1100. The molecule has 1 unspecified atom stereocenters. The Kier molecular flexibility index (Phi) is 9.92. The van der Waals surface area contributed by atoms with Gasteiger partial charge in [-0.2, -0.15) is 0 Å². The van der Waals surface area contributed by atoms with Crippen molar-refractivity contribution in [2.45, 2.75) is 65.1 Å². The summed E-state index contributed by atoms with van der Waals surface area (Å²) in [6.07, 6.45) is 2.35. The van der Waals surface area contributed by atoms with E-state index in [1.54, 1.807) is 4.90 Å². The molecule has 5 heteroatoms. The van der Waals surface area contributed by atoms with Gasteiger partial charge in [0, 0.05) is 30.5 Å². The highest BCUT2D eigenvalue weighted by atomic mass is 35.5. The van der Waals surface area contributed by atoms with Crippen LogP contribution in [0.5, 0.6) is 0 Å². The molecule has 0 saturated carbocycles. The predicted molar refractivity (Wildman–Crippen MR) is 143 cm³/mol. The highest BCUT2D eigenvalue weighted by Crippen LogP contribution is 2.21. The van der Waals surface area contributed by atoms with Crippen LogP contribution in [-0.4, -0.2) is 28.8 Å². The zero-order chi connectivity index (χ0) is 25.2. The third-order valence-electron chi connectivity index (χ3n) is 6.06.